The number of aromatic nitrogens is 2. The van der Waals surface area contributed by atoms with Crippen LogP contribution >= 0.6 is 0 Å². The van der Waals surface area contributed by atoms with E-state index < -0.39 is 0 Å². The summed E-state index contributed by atoms with van der Waals surface area (Å²) in [5.41, 5.74) is 4.21. The Kier molecular flexibility index (Phi) is 4.97. The number of imidazole rings is 1. The third kappa shape index (κ3) is 3.61. The molecule has 4 nitrogen and oxygen atoms in total. The smallest absolute Gasteiger partial charge is 0.242 e. The largest absolute Gasteiger partial charge is 0.341 e. The van der Waals surface area contributed by atoms with Gasteiger partial charge >= 0.3 is 0 Å². The van der Waals surface area contributed by atoms with E-state index in [2.05, 4.69) is 35.8 Å². The Morgan fingerprint density at radius 2 is 1.78 bits per heavy atom. The third-order valence-corrected chi connectivity index (χ3v) is 5.77. The van der Waals surface area contributed by atoms with Crippen molar-refractivity contribution in [1.29, 1.82) is 0 Å². The quantitative estimate of drug-likeness (QED) is 0.669. The molecule has 3 aromatic rings. The number of aryl methyl sites for hydroxylation is 1. The Morgan fingerprint density at radius 3 is 2.52 bits per heavy atom. The summed E-state index contributed by atoms with van der Waals surface area (Å²) in [5.74, 6) is 1.03. The van der Waals surface area contributed by atoms with Crippen LogP contribution in [0.25, 0.3) is 22.4 Å². The van der Waals surface area contributed by atoms with Gasteiger partial charge in [0, 0.05) is 18.7 Å². The number of hydrogen-bond donors (Lipinski definition) is 0. The van der Waals surface area contributed by atoms with Crippen LogP contribution in [0.1, 0.15) is 37.7 Å². The molecule has 4 heteroatoms. The molecule has 1 aliphatic carbocycles. The summed E-state index contributed by atoms with van der Waals surface area (Å²) in [4.78, 5) is 19.9. The van der Waals surface area contributed by atoms with Crippen LogP contribution in [-0.4, -0.2) is 33.4 Å². The molecule has 1 saturated carbocycles. The highest BCUT2D eigenvalue weighted by molar-refractivity contribution is 5.84. The van der Waals surface area contributed by atoms with Gasteiger partial charge in [0.2, 0.25) is 5.91 Å². The third-order valence-electron chi connectivity index (χ3n) is 5.77. The maximum Gasteiger partial charge on any atom is 0.242 e. The standard InChI is InChI=1S/C23H27N3O/c1-17-12-14-18(15-13-17)23-24-20-10-6-7-11-21(20)26(23)16-22(27)25(2)19-8-4-3-5-9-19/h6-7,10-15,19H,3-5,8-9,16H2,1-2H3. The topological polar surface area (TPSA) is 38.1 Å². The van der Waals surface area contributed by atoms with Crippen LogP contribution in [-0.2, 0) is 11.3 Å². The Bertz CT molecular complexity index is 936. The molecule has 0 radical (unpaired) electrons. The van der Waals surface area contributed by atoms with Crippen LogP contribution in [0, 0.1) is 6.92 Å². The maximum atomic E-state index is 13.1. The molecule has 1 heterocycles. The first-order chi connectivity index (χ1) is 13.1. The molecule has 27 heavy (non-hydrogen) atoms. The lowest BCUT2D eigenvalue weighted by atomic mass is 9.94. The maximum absolute atomic E-state index is 13.1. The highest BCUT2D eigenvalue weighted by atomic mass is 16.2. The molecular formula is C23H27N3O. The fraction of sp³-hybridized carbons (Fsp3) is 0.391. The van der Waals surface area contributed by atoms with Crippen molar-refractivity contribution in [2.75, 3.05) is 7.05 Å². The monoisotopic (exact) mass is 361 g/mol. The van der Waals surface area contributed by atoms with Gasteiger partial charge in [-0.1, -0.05) is 61.2 Å². The van der Waals surface area contributed by atoms with E-state index in [4.69, 9.17) is 4.98 Å². The first kappa shape index (κ1) is 17.8. The molecule has 0 saturated heterocycles. The zero-order valence-corrected chi connectivity index (χ0v) is 16.2. The van der Waals surface area contributed by atoms with Crippen LogP contribution in [0.2, 0.25) is 0 Å². The Hall–Kier alpha value is -2.62. The van der Waals surface area contributed by atoms with E-state index in [1.54, 1.807) is 0 Å². The minimum atomic E-state index is 0.165. The van der Waals surface area contributed by atoms with Gasteiger partial charge in [-0.3, -0.25) is 4.79 Å². The number of nitrogens with zero attached hydrogens (tertiary/aromatic N) is 3. The van der Waals surface area contributed by atoms with Crippen molar-refractivity contribution >= 4 is 16.9 Å². The molecule has 1 aromatic heterocycles. The number of benzene rings is 2. The lowest BCUT2D eigenvalue weighted by molar-refractivity contribution is -0.133. The predicted octanol–water partition coefficient (Wildman–Crippen LogP) is 4.80. The van der Waals surface area contributed by atoms with Gasteiger partial charge in [0.15, 0.2) is 0 Å². The summed E-state index contributed by atoms with van der Waals surface area (Å²) >= 11 is 0. The molecule has 140 valence electrons. The van der Waals surface area contributed by atoms with E-state index in [0.29, 0.717) is 12.6 Å². The summed E-state index contributed by atoms with van der Waals surface area (Å²) in [5, 5.41) is 0. The number of likely N-dealkylation sites (N-methyl/N-ethyl adjacent to an activating group) is 1. The summed E-state index contributed by atoms with van der Waals surface area (Å²) in [6.45, 7) is 2.41. The summed E-state index contributed by atoms with van der Waals surface area (Å²) in [7, 11) is 1.96. The van der Waals surface area contributed by atoms with Crippen LogP contribution < -0.4 is 0 Å². The second kappa shape index (κ2) is 7.55. The van der Waals surface area contributed by atoms with E-state index in [-0.39, 0.29) is 5.91 Å². The molecule has 0 unspecified atom stereocenters. The number of carbonyl (C=O) groups is 1. The fourth-order valence-corrected chi connectivity index (χ4v) is 4.08. The van der Waals surface area contributed by atoms with Crippen molar-refractivity contribution in [1.82, 2.24) is 14.5 Å². The van der Waals surface area contributed by atoms with E-state index in [0.717, 1.165) is 35.3 Å². The van der Waals surface area contributed by atoms with Crippen molar-refractivity contribution in [3.8, 4) is 11.4 Å². The first-order valence-electron chi connectivity index (χ1n) is 9.91. The minimum Gasteiger partial charge on any atom is -0.341 e. The Morgan fingerprint density at radius 1 is 1.07 bits per heavy atom. The SMILES string of the molecule is Cc1ccc(-c2nc3ccccc3n2CC(=O)N(C)C2CCCCC2)cc1. The molecular weight excluding hydrogens is 334 g/mol. The van der Waals surface area contributed by atoms with Gasteiger partial charge in [0.1, 0.15) is 12.4 Å². The number of amides is 1. The van der Waals surface area contributed by atoms with Crippen LogP contribution in [0.5, 0.6) is 0 Å². The summed E-state index contributed by atoms with van der Waals surface area (Å²) < 4.78 is 2.07. The van der Waals surface area contributed by atoms with E-state index in [9.17, 15) is 4.79 Å². The second-order valence-corrected chi connectivity index (χ2v) is 7.67. The number of carbonyl (C=O) groups excluding carboxylic acids is 1. The first-order valence-corrected chi connectivity index (χ1v) is 9.91. The fourth-order valence-electron chi connectivity index (χ4n) is 4.08. The average molecular weight is 361 g/mol. The lowest BCUT2D eigenvalue weighted by Gasteiger charge is -2.31. The molecule has 0 aliphatic heterocycles. The van der Waals surface area contributed by atoms with Crippen LogP contribution in [0.4, 0.5) is 0 Å². The van der Waals surface area contributed by atoms with Crippen molar-refractivity contribution in [3.05, 3.63) is 54.1 Å². The summed E-state index contributed by atoms with van der Waals surface area (Å²) in [6, 6.07) is 16.8. The highest BCUT2D eigenvalue weighted by Gasteiger charge is 2.23. The van der Waals surface area contributed by atoms with Gasteiger partial charge in [-0.15, -0.1) is 0 Å². The molecule has 0 bridgehead atoms. The van der Waals surface area contributed by atoms with Crippen molar-refractivity contribution in [2.24, 2.45) is 0 Å². The molecule has 1 amide bonds. The van der Waals surface area contributed by atoms with Crippen molar-refractivity contribution in [3.63, 3.8) is 0 Å². The zero-order chi connectivity index (χ0) is 18.8. The number of fused-ring (bicyclic) bond motifs is 1. The lowest BCUT2D eigenvalue weighted by Crippen LogP contribution is -2.40. The number of hydrogen-bond acceptors (Lipinski definition) is 2. The molecule has 0 spiro atoms. The van der Waals surface area contributed by atoms with E-state index in [1.165, 1.54) is 24.8 Å². The van der Waals surface area contributed by atoms with Gasteiger partial charge < -0.3 is 9.47 Å². The highest BCUT2D eigenvalue weighted by Crippen LogP contribution is 2.26. The van der Waals surface area contributed by atoms with Crippen molar-refractivity contribution in [2.45, 2.75) is 51.6 Å². The number of para-hydroxylation sites is 2. The molecule has 2 aromatic carbocycles. The average Bonchev–Trinajstić information content (AvgIpc) is 3.07. The van der Waals surface area contributed by atoms with Gasteiger partial charge in [-0.25, -0.2) is 4.98 Å². The van der Waals surface area contributed by atoms with Crippen LogP contribution in [0.15, 0.2) is 48.5 Å². The number of rotatable bonds is 4. The van der Waals surface area contributed by atoms with E-state index in [1.807, 2.05) is 36.2 Å². The second-order valence-electron chi connectivity index (χ2n) is 7.67. The Labute approximate surface area is 160 Å². The molecule has 4 rings (SSSR count). The predicted molar refractivity (Wildman–Crippen MR) is 110 cm³/mol. The summed E-state index contributed by atoms with van der Waals surface area (Å²) in [6.07, 6.45) is 5.99. The molecule has 0 N–H and O–H groups in total. The van der Waals surface area contributed by atoms with E-state index >= 15 is 0 Å². The van der Waals surface area contributed by atoms with Gasteiger partial charge in [-0.2, -0.15) is 0 Å². The Balaban J connectivity index is 1.68. The van der Waals surface area contributed by atoms with Gasteiger partial charge in [0.25, 0.3) is 0 Å². The van der Waals surface area contributed by atoms with Crippen LogP contribution in [0.3, 0.4) is 0 Å². The minimum absolute atomic E-state index is 0.165. The molecule has 0 atom stereocenters. The van der Waals surface area contributed by atoms with Crippen molar-refractivity contribution < 1.29 is 4.79 Å². The zero-order valence-electron chi connectivity index (χ0n) is 16.2. The van der Waals surface area contributed by atoms with Gasteiger partial charge in [0.05, 0.1) is 11.0 Å². The molecule has 1 aliphatic rings. The van der Waals surface area contributed by atoms with Gasteiger partial charge in [-0.05, 0) is 31.9 Å². The normalized spacial score (nSPS) is 15.2. The molecule has 1 fully saturated rings.